The van der Waals surface area contributed by atoms with Crippen LogP contribution in [-0.2, 0) is 75.8 Å². The monoisotopic (exact) mass is 734 g/mol. The first kappa shape index (κ1) is 56.8. The molecule has 0 saturated heterocycles. The Labute approximate surface area is 401 Å². The van der Waals surface area contributed by atoms with Gasteiger partial charge in [-0.3, -0.25) is 0 Å². The topological polar surface area (TPSA) is 13.0 Å². The van der Waals surface area contributed by atoms with Gasteiger partial charge >= 0.3 is 177 Å². The smallest absolute Gasteiger partial charge is 0.411 e. The second-order valence-electron chi connectivity index (χ2n) is 4.87. The molecule has 0 atom stereocenters. The molecule has 0 N–H and O–H groups in total. The third-order valence-corrected chi connectivity index (χ3v) is 6.02. The van der Waals surface area contributed by atoms with Crippen LogP contribution in [-0.4, -0.2) is 84.8 Å². The zero-order valence-corrected chi connectivity index (χ0v) is 41.7. The van der Waals surface area contributed by atoms with Crippen LogP contribution in [0.4, 0.5) is 0 Å². The molecule has 0 aliphatic rings. The average Bonchev–Trinajstić information content (AvgIpc) is 2.53. The van der Waals surface area contributed by atoms with Crippen molar-refractivity contribution in [2.24, 2.45) is 0 Å². The summed E-state index contributed by atoms with van der Waals surface area (Å²) in [7, 11) is 0. The standard InChI is InChI=1S/C12H18N4S12.6Na/c17-7(18)13(3-5-15(9(21)22)10(23)24)1-2-14(8(19)20)4-6-16(11(25)26)12(27)28;;;;;;/h1-6H2,(H,17,18)(H,19,20)(H,21,22)(H,23,24)(H,25,26)(H,27,28);;;;;;/q;6*+1/p-6. The molecule has 0 aliphatic carbocycles. The van der Waals surface area contributed by atoms with Gasteiger partial charge in [-0.2, -0.15) is 0 Å². The predicted molar refractivity (Wildman–Crippen MR) is 156 cm³/mol. The van der Waals surface area contributed by atoms with Crippen molar-refractivity contribution in [3.05, 3.63) is 0 Å². The fraction of sp³-hybridized carbons (Fsp3) is 0.500. The Morgan fingerprint density at radius 2 is 0.529 bits per heavy atom. The van der Waals surface area contributed by atoms with Crippen LogP contribution in [0.1, 0.15) is 0 Å². The van der Waals surface area contributed by atoms with Gasteiger partial charge in [0.1, 0.15) is 0 Å². The summed E-state index contributed by atoms with van der Waals surface area (Å²) in [4.78, 5) is 6.59. The summed E-state index contributed by atoms with van der Waals surface area (Å²) < 4.78 is 1.32. The van der Waals surface area contributed by atoms with Crippen LogP contribution in [0.3, 0.4) is 0 Å². The third-order valence-electron chi connectivity index (χ3n) is 3.22. The molecule has 158 valence electrons. The van der Waals surface area contributed by atoms with E-state index in [1.807, 2.05) is 0 Å². The van der Waals surface area contributed by atoms with Crippen LogP contribution in [0.5, 0.6) is 0 Å². The van der Waals surface area contributed by atoms with Crippen LogP contribution in [0.15, 0.2) is 0 Å². The molecule has 0 aromatic carbocycles. The van der Waals surface area contributed by atoms with Gasteiger partial charge in [0.2, 0.25) is 0 Å². The number of nitrogens with zero attached hydrogens (tertiary/aromatic N) is 4. The van der Waals surface area contributed by atoms with E-state index in [1.54, 1.807) is 9.80 Å². The summed E-state index contributed by atoms with van der Waals surface area (Å²) in [6.45, 7) is 2.65. The van der Waals surface area contributed by atoms with Gasteiger partial charge in [-0.15, -0.1) is 0 Å². The predicted octanol–water partition coefficient (Wildman–Crippen LogP) is -16.8. The summed E-state index contributed by atoms with van der Waals surface area (Å²) in [6.07, 6.45) is 0. The molecule has 0 aromatic heterocycles. The van der Waals surface area contributed by atoms with Crippen LogP contribution in [0, 0.1) is 0 Å². The molecule has 4 nitrogen and oxygen atoms in total. The first-order chi connectivity index (χ1) is 12.9. The van der Waals surface area contributed by atoms with E-state index in [-0.39, 0.29) is 195 Å². The second-order valence-corrected chi connectivity index (χ2v) is 11.1. The molecule has 0 saturated carbocycles. The molecule has 0 spiro atoms. The first-order valence-electron chi connectivity index (χ1n) is 7.19. The largest absolute Gasteiger partial charge is 1.00 e. The van der Waals surface area contributed by atoms with Gasteiger partial charge in [0, 0.05) is 39.3 Å². The number of hydrogen-bond acceptors (Lipinski definition) is 12. The van der Waals surface area contributed by atoms with E-state index >= 15 is 0 Å². The Hall–Kier alpha value is 7.06. The van der Waals surface area contributed by atoms with Crippen molar-refractivity contribution in [1.82, 2.24) is 19.6 Å². The molecule has 0 aliphatic heterocycles. The maximum absolute atomic E-state index is 5.15. The summed E-state index contributed by atoms with van der Waals surface area (Å²) in [6, 6.07) is 0. The number of rotatable bonds is 9. The van der Waals surface area contributed by atoms with E-state index in [0.29, 0.717) is 47.9 Å². The number of thiocarbonyl (C=S) groups is 6. The second kappa shape index (κ2) is 33.0. The van der Waals surface area contributed by atoms with Crippen molar-refractivity contribution in [2.45, 2.75) is 0 Å². The van der Waals surface area contributed by atoms with Gasteiger partial charge in [-0.25, -0.2) is 0 Å². The van der Waals surface area contributed by atoms with Gasteiger partial charge in [-0.1, -0.05) is 25.9 Å². The van der Waals surface area contributed by atoms with Gasteiger partial charge in [0.05, 0.1) is 0 Å². The summed E-state index contributed by atoms with van der Waals surface area (Å²) >= 11 is 60.4. The van der Waals surface area contributed by atoms with E-state index in [0.717, 1.165) is 0 Å². The normalized spacial score (nSPS) is 8.12. The van der Waals surface area contributed by atoms with Crippen molar-refractivity contribution >= 4 is 175 Å². The molecule has 0 aromatic rings. The molecule has 22 heteroatoms. The van der Waals surface area contributed by atoms with Gasteiger partial charge in [0.25, 0.3) is 0 Å². The quantitative estimate of drug-likeness (QED) is 0.127. The maximum Gasteiger partial charge on any atom is 1.00 e. The summed E-state index contributed by atoms with van der Waals surface area (Å²) in [5.74, 6) is 0. The van der Waals surface area contributed by atoms with Crippen molar-refractivity contribution in [3.63, 3.8) is 0 Å². The Kier molecular flexibility index (Phi) is 55.1. The van der Waals surface area contributed by atoms with E-state index in [4.69, 9.17) is 149 Å². The van der Waals surface area contributed by atoms with E-state index in [9.17, 15) is 0 Å². The van der Waals surface area contributed by atoms with Crippen molar-refractivity contribution in [1.29, 1.82) is 0 Å². The molecule has 0 amide bonds. The Bertz CT molecular complexity index is 579. The Balaban J connectivity index is -0.000000243. The van der Waals surface area contributed by atoms with Crippen LogP contribution < -0.4 is 177 Å². The average molecular weight is 735 g/mol. The van der Waals surface area contributed by atoms with Crippen molar-refractivity contribution < 1.29 is 177 Å². The maximum atomic E-state index is 5.15. The molecule has 0 radical (unpaired) electrons. The van der Waals surface area contributed by atoms with Gasteiger partial charge in [0.15, 0.2) is 0 Å². The molecule has 34 heavy (non-hydrogen) atoms. The zero-order chi connectivity index (χ0) is 22.0. The van der Waals surface area contributed by atoms with E-state index in [2.05, 4.69) is 0 Å². The minimum Gasteiger partial charge on any atom is -0.411 e. The molecule has 0 rings (SSSR count). The molecule has 0 bridgehead atoms. The van der Waals surface area contributed by atoms with Crippen LogP contribution in [0.25, 0.3) is 0 Å². The van der Waals surface area contributed by atoms with Crippen LogP contribution >= 0.6 is 73.3 Å². The minimum atomic E-state index is 0. The SMILES string of the molecule is S=C([S-])N(CCN(CCN(C(=S)[S-])C(=S)[S-])C(=S)[S-])CCN(C(=S)[S-])C(=S)[S-].[Na+].[Na+].[Na+].[Na+].[Na+].[Na+]. The summed E-state index contributed by atoms with van der Waals surface area (Å²) in [5.41, 5.74) is 0. The van der Waals surface area contributed by atoms with E-state index in [1.165, 1.54) is 9.80 Å². The molecule has 0 fully saturated rings. The van der Waals surface area contributed by atoms with Gasteiger partial charge < -0.3 is 169 Å². The molecular formula is C12H12N4Na6S12. The zero-order valence-electron chi connectivity index (χ0n) is 19.9. The molecule has 0 unspecified atom stereocenters. The molecular weight excluding hydrogens is 723 g/mol. The fourth-order valence-electron chi connectivity index (χ4n) is 1.79. The minimum absolute atomic E-state index is 0. The molecule has 0 heterocycles. The van der Waals surface area contributed by atoms with Crippen molar-refractivity contribution in [2.75, 3.05) is 39.3 Å². The first-order valence-corrected chi connectivity index (χ1v) is 12.1. The fourth-order valence-corrected chi connectivity index (χ4v) is 4.44. The van der Waals surface area contributed by atoms with Crippen molar-refractivity contribution in [3.8, 4) is 0 Å². The summed E-state index contributed by atoms with van der Waals surface area (Å²) in [5, 5.41) is 0. The van der Waals surface area contributed by atoms with Crippen LogP contribution in [0.2, 0.25) is 0 Å². The Morgan fingerprint density at radius 3 is 0.676 bits per heavy atom. The van der Waals surface area contributed by atoms with E-state index < -0.39 is 0 Å². The Morgan fingerprint density at radius 1 is 0.353 bits per heavy atom. The number of hydrogen-bond donors (Lipinski definition) is 0. The third kappa shape index (κ3) is 26.7. The van der Waals surface area contributed by atoms with Gasteiger partial charge in [-0.05, 0) is 0 Å².